The average molecular weight is 475 g/mol. The molecule has 3 fully saturated rings. The molecule has 3 saturated carbocycles. The van der Waals surface area contributed by atoms with Gasteiger partial charge in [0.05, 0.1) is 5.41 Å². The van der Waals surface area contributed by atoms with Crippen LogP contribution in [0.5, 0.6) is 0 Å². The summed E-state index contributed by atoms with van der Waals surface area (Å²) in [6, 6.07) is 16.4. The smallest absolute Gasteiger partial charge is 0.407 e. The molecule has 4 aliphatic rings. The summed E-state index contributed by atoms with van der Waals surface area (Å²) in [4.78, 5) is 36.8. The molecular weight excluding hydrogens is 444 g/mol. The minimum atomic E-state index is -0.790. The van der Waals surface area contributed by atoms with Crippen LogP contribution in [0, 0.1) is 22.7 Å². The lowest BCUT2D eigenvalue weighted by Gasteiger charge is -2.30. The Bertz CT molecular complexity index is 1160. The lowest BCUT2D eigenvalue weighted by Crippen LogP contribution is -2.40. The Hall–Kier alpha value is -3.35. The third kappa shape index (κ3) is 3.60. The predicted octanol–water partition coefficient (Wildman–Crippen LogP) is 3.92. The summed E-state index contributed by atoms with van der Waals surface area (Å²) in [6.07, 6.45) is 3.87. The molecule has 0 aromatic heterocycles. The van der Waals surface area contributed by atoms with E-state index in [1.165, 1.54) is 22.3 Å². The van der Waals surface area contributed by atoms with Crippen molar-refractivity contribution in [2.45, 2.75) is 38.0 Å². The Morgan fingerprint density at radius 3 is 2.20 bits per heavy atom. The maximum absolute atomic E-state index is 12.6. The molecule has 6 rings (SSSR count). The zero-order valence-electron chi connectivity index (χ0n) is 19.6. The summed E-state index contributed by atoms with van der Waals surface area (Å²) in [5.74, 6) is -0.998. The lowest BCUT2D eigenvalue weighted by molar-refractivity contribution is -0.146. The Morgan fingerprint density at radius 2 is 1.63 bits per heavy atom. The Morgan fingerprint density at radius 1 is 0.971 bits per heavy atom. The van der Waals surface area contributed by atoms with Gasteiger partial charge in [-0.05, 0) is 59.3 Å². The van der Waals surface area contributed by atoms with Gasteiger partial charge in [0.15, 0.2) is 0 Å². The van der Waals surface area contributed by atoms with Crippen LogP contribution in [-0.2, 0) is 14.3 Å². The number of ether oxygens (including phenoxy) is 1. The lowest BCUT2D eigenvalue weighted by atomic mass is 9.75. The monoisotopic (exact) mass is 474 g/mol. The van der Waals surface area contributed by atoms with Crippen LogP contribution >= 0.6 is 0 Å². The van der Waals surface area contributed by atoms with E-state index < -0.39 is 17.5 Å². The van der Waals surface area contributed by atoms with Crippen LogP contribution in [0.25, 0.3) is 11.1 Å². The molecule has 1 unspecified atom stereocenters. The van der Waals surface area contributed by atoms with Gasteiger partial charge < -0.3 is 20.5 Å². The molecule has 3 N–H and O–H groups in total. The molecule has 182 valence electrons. The summed E-state index contributed by atoms with van der Waals surface area (Å²) in [5.41, 5.74) is 3.84. The second-order valence-electron chi connectivity index (χ2n) is 10.7. The molecule has 35 heavy (non-hydrogen) atoms. The van der Waals surface area contributed by atoms with Crippen LogP contribution in [0.2, 0.25) is 0 Å². The molecule has 2 aromatic rings. The van der Waals surface area contributed by atoms with Gasteiger partial charge in [0.1, 0.15) is 6.61 Å². The zero-order valence-corrected chi connectivity index (χ0v) is 19.6. The number of rotatable bonds is 8. The number of carbonyl (C=O) groups excluding carboxylic acids is 2. The summed E-state index contributed by atoms with van der Waals surface area (Å²) < 4.78 is 5.57. The minimum absolute atomic E-state index is 0.00976. The van der Waals surface area contributed by atoms with E-state index in [9.17, 15) is 19.5 Å². The first-order valence-electron chi connectivity index (χ1n) is 12.5. The largest absolute Gasteiger partial charge is 0.481 e. The molecule has 0 aliphatic heterocycles. The Labute approximate surface area is 204 Å². The Balaban J connectivity index is 0.963. The highest BCUT2D eigenvalue weighted by molar-refractivity contribution is 5.85. The highest BCUT2D eigenvalue weighted by atomic mass is 16.5. The number of carboxylic acid groups (broad SMARTS) is 1. The van der Waals surface area contributed by atoms with Crippen LogP contribution in [0.15, 0.2) is 48.5 Å². The third-order valence-corrected chi connectivity index (χ3v) is 8.93. The van der Waals surface area contributed by atoms with Crippen molar-refractivity contribution in [2.24, 2.45) is 22.7 Å². The van der Waals surface area contributed by atoms with Gasteiger partial charge in [-0.3, -0.25) is 9.59 Å². The van der Waals surface area contributed by atoms with Crippen LogP contribution in [0.3, 0.4) is 0 Å². The summed E-state index contributed by atoms with van der Waals surface area (Å²) in [5, 5.41) is 15.4. The van der Waals surface area contributed by atoms with E-state index in [2.05, 4.69) is 34.9 Å². The SMILES string of the molecule is O=C(NC[C@@H]1C[C@@H]1C(=O)NCC1(C(=O)O)CC12CCC2)OCC1c2ccccc2-c2ccccc21. The number of hydrogen-bond donors (Lipinski definition) is 3. The van der Waals surface area contributed by atoms with E-state index in [4.69, 9.17) is 4.74 Å². The van der Waals surface area contributed by atoms with Crippen molar-refractivity contribution in [3.63, 3.8) is 0 Å². The second kappa shape index (κ2) is 8.11. The van der Waals surface area contributed by atoms with Gasteiger partial charge in [0, 0.05) is 24.9 Å². The van der Waals surface area contributed by atoms with Crippen molar-refractivity contribution in [3.8, 4) is 11.1 Å². The fraction of sp³-hybridized carbons (Fsp3) is 0.464. The van der Waals surface area contributed by atoms with Crippen LogP contribution in [-0.4, -0.2) is 42.8 Å². The molecule has 0 radical (unpaired) electrons. The molecular formula is C28H30N2O5. The first-order valence-corrected chi connectivity index (χ1v) is 12.5. The molecule has 3 atom stereocenters. The van der Waals surface area contributed by atoms with Crippen LogP contribution in [0.1, 0.15) is 49.1 Å². The molecule has 0 heterocycles. The van der Waals surface area contributed by atoms with Crippen LogP contribution < -0.4 is 10.6 Å². The third-order valence-electron chi connectivity index (χ3n) is 8.93. The van der Waals surface area contributed by atoms with Gasteiger partial charge in [-0.2, -0.15) is 0 Å². The maximum atomic E-state index is 12.6. The number of carboxylic acids is 1. The van der Waals surface area contributed by atoms with Gasteiger partial charge in [-0.1, -0.05) is 55.0 Å². The molecule has 0 bridgehead atoms. The quantitative estimate of drug-likeness (QED) is 0.538. The molecule has 2 amide bonds. The number of fused-ring (bicyclic) bond motifs is 3. The normalized spacial score (nSPS) is 26.7. The zero-order chi connectivity index (χ0) is 24.2. The molecule has 1 spiro atoms. The number of aliphatic carboxylic acids is 1. The average Bonchev–Trinajstić information content (AvgIpc) is 3.74. The van der Waals surface area contributed by atoms with E-state index in [-0.39, 0.29) is 42.2 Å². The highest BCUT2D eigenvalue weighted by Gasteiger charge is 2.74. The first-order chi connectivity index (χ1) is 16.9. The topological polar surface area (TPSA) is 105 Å². The fourth-order valence-electron chi connectivity index (χ4n) is 6.45. The standard InChI is InChI=1S/C28H30N2O5/c31-24(30-16-28(25(32)33)15-27(28)10-5-11-27)22-12-17(22)13-29-26(34)35-14-23-20-8-3-1-6-18(20)19-7-2-4-9-21(19)23/h1-4,6-9,17,22-23H,5,10-16H2,(H,29,34)(H,30,31)(H,32,33)/t17-,22-,28?/m0/s1. The van der Waals surface area contributed by atoms with Gasteiger partial charge in [0.25, 0.3) is 0 Å². The van der Waals surface area contributed by atoms with Gasteiger partial charge in [-0.25, -0.2) is 4.79 Å². The van der Waals surface area contributed by atoms with E-state index in [0.29, 0.717) is 19.4 Å². The van der Waals surface area contributed by atoms with Crippen molar-refractivity contribution >= 4 is 18.0 Å². The number of hydrogen-bond acceptors (Lipinski definition) is 4. The molecule has 7 heteroatoms. The predicted molar refractivity (Wildman–Crippen MR) is 129 cm³/mol. The molecule has 2 aromatic carbocycles. The van der Waals surface area contributed by atoms with Gasteiger partial charge >= 0.3 is 12.1 Å². The van der Waals surface area contributed by atoms with Crippen molar-refractivity contribution in [1.82, 2.24) is 10.6 Å². The number of benzene rings is 2. The van der Waals surface area contributed by atoms with Gasteiger partial charge in [-0.15, -0.1) is 0 Å². The maximum Gasteiger partial charge on any atom is 0.407 e. The van der Waals surface area contributed by atoms with Crippen molar-refractivity contribution in [1.29, 1.82) is 0 Å². The Kier molecular flexibility index (Phi) is 5.13. The number of nitrogens with one attached hydrogen (secondary N) is 2. The van der Waals surface area contributed by atoms with E-state index in [1.807, 2.05) is 24.3 Å². The summed E-state index contributed by atoms with van der Waals surface area (Å²) in [7, 11) is 0. The first kappa shape index (κ1) is 22.1. The number of alkyl carbamates (subject to hydrolysis) is 1. The minimum Gasteiger partial charge on any atom is -0.481 e. The van der Waals surface area contributed by atoms with Crippen molar-refractivity contribution in [2.75, 3.05) is 19.7 Å². The molecule has 7 nitrogen and oxygen atoms in total. The second-order valence-corrected chi connectivity index (χ2v) is 10.7. The van der Waals surface area contributed by atoms with E-state index in [1.54, 1.807) is 0 Å². The number of carbonyl (C=O) groups is 3. The molecule has 0 saturated heterocycles. The van der Waals surface area contributed by atoms with Crippen molar-refractivity contribution < 1.29 is 24.2 Å². The van der Waals surface area contributed by atoms with E-state index in [0.717, 1.165) is 19.3 Å². The summed E-state index contributed by atoms with van der Waals surface area (Å²) in [6.45, 7) is 0.848. The summed E-state index contributed by atoms with van der Waals surface area (Å²) >= 11 is 0. The van der Waals surface area contributed by atoms with Crippen molar-refractivity contribution in [3.05, 3.63) is 59.7 Å². The van der Waals surface area contributed by atoms with Crippen LogP contribution in [0.4, 0.5) is 4.79 Å². The molecule has 4 aliphatic carbocycles. The van der Waals surface area contributed by atoms with Gasteiger partial charge in [0.2, 0.25) is 5.91 Å². The number of amides is 2. The van der Waals surface area contributed by atoms with E-state index >= 15 is 0 Å². The highest BCUT2D eigenvalue weighted by Crippen LogP contribution is 2.73. The fourth-order valence-corrected chi connectivity index (χ4v) is 6.45.